The van der Waals surface area contributed by atoms with Crippen LogP contribution in [0, 0.1) is 0 Å². The largest absolute Gasteiger partial charge is 0.488 e. The van der Waals surface area contributed by atoms with Gasteiger partial charge in [0.1, 0.15) is 11.4 Å². The zero-order valence-corrected chi connectivity index (χ0v) is 11.7. The highest BCUT2D eigenvalue weighted by molar-refractivity contribution is 5.36. The summed E-state index contributed by atoms with van der Waals surface area (Å²) >= 11 is 0. The lowest BCUT2D eigenvalue weighted by Gasteiger charge is -2.28. The van der Waals surface area contributed by atoms with E-state index in [2.05, 4.69) is 51.2 Å². The van der Waals surface area contributed by atoms with Crippen LogP contribution in [0.5, 0.6) is 5.75 Å². The average molecular weight is 235 g/mol. The molecule has 1 N–H and O–H groups in total. The Balaban J connectivity index is 2.99. The molecule has 96 valence electrons. The fourth-order valence-electron chi connectivity index (χ4n) is 1.81. The molecule has 1 aromatic carbocycles. The van der Waals surface area contributed by atoms with Crippen LogP contribution in [0.25, 0.3) is 0 Å². The third kappa shape index (κ3) is 3.74. The van der Waals surface area contributed by atoms with Crippen LogP contribution in [0.3, 0.4) is 0 Å². The maximum Gasteiger partial charge on any atom is 0.124 e. The second-order valence-corrected chi connectivity index (χ2v) is 5.00. The summed E-state index contributed by atoms with van der Waals surface area (Å²) in [6, 6.07) is 8.67. The molecule has 17 heavy (non-hydrogen) atoms. The monoisotopic (exact) mass is 235 g/mol. The van der Waals surface area contributed by atoms with Gasteiger partial charge in [-0.1, -0.05) is 32.0 Å². The van der Waals surface area contributed by atoms with Crippen molar-refractivity contribution in [2.75, 3.05) is 7.05 Å². The van der Waals surface area contributed by atoms with Crippen LogP contribution in [0.1, 0.15) is 52.1 Å². The van der Waals surface area contributed by atoms with Gasteiger partial charge in [-0.2, -0.15) is 0 Å². The van der Waals surface area contributed by atoms with E-state index in [1.54, 1.807) is 0 Å². The van der Waals surface area contributed by atoms with Crippen molar-refractivity contribution < 1.29 is 4.74 Å². The highest BCUT2D eigenvalue weighted by Gasteiger charge is 2.20. The summed E-state index contributed by atoms with van der Waals surface area (Å²) in [4.78, 5) is 0. The van der Waals surface area contributed by atoms with Crippen molar-refractivity contribution in [1.29, 1.82) is 0 Å². The van der Waals surface area contributed by atoms with Gasteiger partial charge in [-0.3, -0.25) is 0 Å². The highest BCUT2D eigenvalue weighted by Crippen LogP contribution is 2.30. The van der Waals surface area contributed by atoms with Crippen LogP contribution in [0.4, 0.5) is 0 Å². The molecule has 0 heterocycles. The van der Waals surface area contributed by atoms with Crippen LogP contribution in [-0.2, 0) is 0 Å². The second kappa shape index (κ2) is 6.06. The summed E-state index contributed by atoms with van der Waals surface area (Å²) in [5.41, 5.74) is 1.14. The Morgan fingerprint density at radius 1 is 1.24 bits per heavy atom. The number of ether oxygens (including phenoxy) is 1. The van der Waals surface area contributed by atoms with Crippen molar-refractivity contribution >= 4 is 0 Å². The molecule has 1 atom stereocenters. The summed E-state index contributed by atoms with van der Waals surface area (Å²) in [6.07, 6.45) is 2.06. The van der Waals surface area contributed by atoms with E-state index in [0.29, 0.717) is 6.04 Å². The van der Waals surface area contributed by atoms with Gasteiger partial charge in [-0.25, -0.2) is 0 Å². The van der Waals surface area contributed by atoms with Crippen LogP contribution in [0.15, 0.2) is 24.3 Å². The van der Waals surface area contributed by atoms with Gasteiger partial charge in [0.15, 0.2) is 0 Å². The molecule has 0 bridgehead atoms. The predicted octanol–water partition coefficient (Wildman–Crippen LogP) is 3.92. The number of benzene rings is 1. The summed E-state index contributed by atoms with van der Waals surface area (Å²) in [5.74, 6) is 1.00. The summed E-state index contributed by atoms with van der Waals surface area (Å²) in [5, 5.41) is 3.33. The molecule has 0 aromatic heterocycles. The molecule has 0 spiro atoms. The molecule has 2 nitrogen and oxygen atoms in total. The second-order valence-electron chi connectivity index (χ2n) is 5.00. The van der Waals surface area contributed by atoms with E-state index < -0.39 is 0 Å². The van der Waals surface area contributed by atoms with Gasteiger partial charge in [0.25, 0.3) is 0 Å². The Kier molecular flexibility index (Phi) is 5.01. The van der Waals surface area contributed by atoms with Gasteiger partial charge in [0.2, 0.25) is 0 Å². The van der Waals surface area contributed by atoms with E-state index in [9.17, 15) is 0 Å². The van der Waals surface area contributed by atoms with Gasteiger partial charge in [-0.05, 0) is 39.8 Å². The van der Waals surface area contributed by atoms with Crippen molar-refractivity contribution in [2.45, 2.75) is 52.2 Å². The molecular weight excluding hydrogens is 210 g/mol. The molecule has 1 rings (SSSR count). The van der Waals surface area contributed by atoms with Crippen molar-refractivity contribution in [2.24, 2.45) is 0 Å². The van der Waals surface area contributed by atoms with Crippen molar-refractivity contribution in [3.8, 4) is 5.75 Å². The first kappa shape index (κ1) is 14.0. The first-order chi connectivity index (χ1) is 8.04. The minimum absolute atomic E-state index is 0.109. The van der Waals surface area contributed by atoms with Crippen LogP contribution in [0.2, 0.25) is 0 Å². The Hall–Kier alpha value is -1.02. The van der Waals surface area contributed by atoms with Gasteiger partial charge < -0.3 is 10.1 Å². The molecule has 2 heteroatoms. The van der Waals surface area contributed by atoms with Gasteiger partial charge in [-0.15, -0.1) is 0 Å². The maximum absolute atomic E-state index is 6.13. The van der Waals surface area contributed by atoms with E-state index >= 15 is 0 Å². The molecule has 0 fully saturated rings. The highest BCUT2D eigenvalue weighted by atomic mass is 16.5. The number of rotatable bonds is 6. The zero-order valence-electron chi connectivity index (χ0n) is 11.7. The Labute approximate surface area is 105 Å². The first-order valence-electron chi connectivity index (χ1n) is 6.49. The molecule has 0 aliphatic heterocycles. The smallest absolute Gasteiger partial charge is 0.124 e. The van der Waals surface area contributed by atoms with Crippen LogP contribution < -0.4 is 10.1 Å². The third-order valence-corrected chi connectivity index (χ3v) is 3.29. The molecule has 0 saturated heterocycles. The Morgan fingerprint density at radius 3 is 2.41 bits per heavy atom. The number of hydrogen-bond donors (Lipinski definition) is 1. The summed E-state index contributed by atoms with van der Waals surface area (Å²) < 4.78 is 6.13. The average Bonchev–Trinajstić information content (AvgIpc) is 2.32. The van der Waals surface area contributed by atoms with Crippen molar-refractivity contribution in [3.05, 3.63) is 29.8 Å². The van der Waals surface area contributed by atoms with E-state index in [1.807, 2.05) is 13.1 Å². The number of nitrogens with one attached hydrogen (secondary N) is 1. The zero-order chi connectivity index (χ0) is 12.9. The van der Waals surface area contributed by atoms with Gasteiger partial charge >= 0.3 is 0 Å². The van der Waals surface area contributed by atoms with E-state index in [-0.39, 0.29) is 5.60 Å². The molecule has 0 radical (unpaired) electrons. The topological polar surface area (TPSA) is 21.3 Å². The minimum atomic E-state index is -0.109. The molecule has 0 aliphatic rings. The van der Waals surface area contributed by atoms with Gasteiger partial charge in [0.05, 0.1) is 0 Å². The standard InChI is InChI=1S/C15H25NO/c1-6-13(16-5)12-10-8-9-11-14(12)17-15(3,4)7-2/h8-11,13,16H,6-7H2,1-5H3. The fourth-order valence-corrected chi connectivity index (χ4v) is 1.81. The third-order valence-electron chi connectivity index (χ3n) is 3.29. The summed E-state index contributed by atoms with van der Waals surface area (Å²) in [7, 11) is 2.00. The lowest BCUT2D eigenvalue weighted by atomic mass is 10.0. The predicted molar refractivity (Wildman–Crippen MR) is 73.5 cm³/mol. The summed E-state index contributed by atoms with van der Waals surface area (Å²) in [6.45, 7) is 8.59. The van der Waals surface area contributed by atoms with E-state index in [1.165, 1.54) is 5.56 Å². The molecule has 1 aromatic rings. The van der Waals surface area contributed by atoms with Crippen LogP contribution >= 0.6 is 0 Å². The molecule has 1 unspecified atom stereocenters. The Bertz CT molecular complexity index is 343. The molecule has 0 saturated carbocycles. The number of para-hydroxylation sites is 1. The first-order valence-corrected chi connectivity index (χ1v) is 6.49. The lowest BCUT2D eigenvalue weighted by Crippen LogP contribution is -2.28. The van der Waals surface area contributed by atoms with Crippen LogP contribution in [-0.4, -0.2) is 12.6 Å². The lowest BCUT2D eigenvalue weighted by molar-refractivity contribution is 0.103. The SMILES string of the molecule is CCC(NC)c1ccccc1OC(C)(C)CC. The molecule has 0 amide bonds. The minimum Gasteiger partial charge on any atom is -0.488 e. The number of hydrogen-bond acceptors (Lipinski definition) is 2. The van der Waals surface area contributed by atoms with Crippen molar-refractivity contribution in [3.63, 3.8) is 0 Å². The van der Waals surface area contributed by atoms with E-state index in [4.69, 9.17) is 4.74 Å². The van der Waals surface area contributed by atoms with Crippen molar-refractivity contribution in [1.82, 2.24) is 5.32 Å². The molecular formula is C15H25NO. The maximum atomic E-state index is 6.13. The fraction of sp³-hybridized carbons (Fsp3) is 0.600. The van der Waals surface area contributed by atoms with E-state index in [0.717, 1.165) is 18.6 Å². The normalized spacial score (nSPS) is 13.5. The molecule has 0 aliphatic carbocycles. The Morgan fingerprint density at radius 2 is 1.88 bits per heavy atom. The quantitative estimate of drug-likeness (QED) is 0.806. The van der Waals surface area contributed by atoms with Gasteiger partial charge in [0, 0.05) is 11.6 Å².